The summed E-state index contributed by atoms with van der Waals surface area (Å²) >= 11 is 0. The van der Waals surface area contributed by atoms with E-state index in [0.717, 1.165) is 29.9 Å². The van der Waals surface area contributed by atoms with Crippen molar-refractivity contribution >= 4 is 10.0 Å². The van der Waals surface area contributed by atoms with Gasteiger partial charge in [0.2, 0.25) is 10.0 Å². The highest BCUT2D eigenvalue weighted by molar-refractivity contribution is 7.89. The lowest BCUT2D eigenvalue weighted by atomic mass is 10.0. The summed E-state index contributed by atoms with van der Waals surface area (Å²) < 4.78 is 37.5. The zero-order chi connectivity index (χ0) is 14.9. The van der Waals surface area contributed by atoms with Crippen LogP contribution in [0.25, 0.3) is 0 Å². The van der Waals surface area contributed by atoms with E-state index < -0.39 is 10.0 Å². The number of hydrogen-bond donors (Lipinski definition) is 0. The van der Waals surface area contributed by atoms with Crippen LogP contribution in [-0.2, 0) is 10.0 Å². The van der Waals surface area contributed by atoms with Crippen LogP contribution < -0.4 is 9.47 Å². The molecule has 0 aliphatic carbocycles. The molecular weight excluding hydrogens is 290 g/mol. The predicted molar refractivity (Wildman–Crippen MR) is 80.2 cm³/mol. The highest BCUT2D eigenvalue weighted by Crippen LogP contribution is 2.39. The van der Waals surface area contributed by atoms with Crippen LogP contribution >= 0.6 is 0 Å². The van der Waals surface area contributed by atoms with Crippen LogP contribution in [0.2, 0.25) is 0 Å². The van der Waals surface area contributed by atoms with Crippen LogP contribution in [0, 0.1) is 0 Å². The Bertz CT molecular complexity index is 614. The van der Waals surface area contributed by atoms with Crippen molar-refractivity contribution in [2.75, 3.05) is 25.5 Å². The normalized spacial score (nSPS) is 22.4. The maximum atomic E-state index is 12.4. The Morgan fingerprint density at radius 3 is 2.76 bits per heavy atom. The van der Waals surface area contributed by atoms with Crippen molar-refractivity contribution in [3.8, 4) is 11.5 Å². The number of ether oxygens (including phenoxy) is 2. The van der Waals surface area contributed by atoms with E-state index in [-0.39, 0.29) is 11.8 Å². The average molecular weight is 311 g/mol. The van der Waals surface area contributed by atoms with E-state index in [2.05, 4.69) is 0 Å². The Morgan fingerprint density at radius 2 is 2.00 bits per heavy atom. The van der Waals surface area contributed by atoms with Crippen LogP contribution in [0.1, 0.15) is 37.8 Å². The van der Waals surface area contributed by atoms with E-state index in [9.17, 15) is 8.42 Å². The third-order valence-electron chi connectivity index (χ3n) is 3.97. The quantitative estimate of drug-likeness (QED) is 0.856. The monoisotopic (exact) mass is 311 g/mol. The molecule has 0 saturated carbocycles. The molecule has 1 saturated heterocycles. The van der Waals surface area contributed by atoms with Gasteiger partial charge in [-0.05, 0) is 37.0 Å². The molecule has 0 bridgehead atoms. The summed E-state index contributed by atoms with van der Waals surface area (Å²) in [7, 11) is -3.17. The molecule has 0 radical (unpaired) electrons. The van der Waals surface area contributed by atoms with E-state index in [1.807, 2.05) is 25.1 Å². The SMILES string of the molecule is CCCS(=O)(=O)N1CCCC1c1ccc2c(c1)OCCO2. The summed E-state index contributed by atoms with van der Waals surface area (Å²) in [5.41, 5.74) is 0.997. The second-order valence-electron chi connectivity index (χ2n) is 5.49. The Hall–Kier alpha value is -1.27. The molecule has 5 nitrogen and oxygen atoms in total. The Labute approximate surface area is 125 Å². The smallest absolute Gasteiger partial charge is 0.214 e. The maximum Gasteiger partial charge on any atom is 0.214 e. The lowest BCUT2D eigenvalue weighted by Crippen LogP contribution is -2.32. The zero-order valence-corrected chi connectivity index (χ0v) is 13.1. The number of fused-ring (bicyclic) bond motifs is 1. The van der Waals surface area contributed by atoms with Gasteiger partial charge in [-0.15, -0.1) is 0 Å². The Morgan fingerprint density at radius 1 is 1.24 bits per heavy atom. The largest absolute Gasteiger partial charge is 0.486 e. The van der Waals surface area contributed by atoms with Crippen LogP contribution in [-0.4, -0.2) is 38.2 Å². The molecule has 0 amide bonds. The third kappa shape index (κ3) is 2.87. The summed E-state index contributed by atoms with van der Waals surface area (Å²) in [6, 6.07) is 5.70. The fourth-order valence-electron chi connectivity index (χ4n) is 3.05. The van der Waals surface area contributed by atoms with Gasteiger partial charge in [-0.3, -0.25) is 0 Å². The number of sulfonamides is 1. The maximum absolute atomic E-state index is 12.4. The topological polar surface area (TPSA) is 55.8 Å². The van der Waals surface area contributed by atoms with Crippen LogP contribution in [0.5, 0.6) is 11.5 Å². The van der Waals surface area contributed by atoms with E-state index in [0.29, 0.717) is 26.2 Å². The van der Waals surface area contributed by atoms with Gasteiger partial charge in [0.25, 0.3) is 0 Å². The lowest BCUT2D eigenvalue weighted by Gasteiger charge is -2.26. The van der Waals surface area contributed by atoms with Gasteiger partial charge in [-0.1, -0.05) is 13.0 Å². The molecule has 0 spiro atoms. The van der Waals surface area contributed by atoms with Gasteiger partial charge in [0.05, 0.1) is 5.75 Å². The van der Waals surface area contributed by atoms with E-state index in [4.69, 9.17) is 9.47 Å². The number of rotatable bonds is 4. The van der Waals surface area contributed by atoms with E-state index in [1.54, 1.807) is 4.31 Å². The highest BCUT2D eigenvalue weighted by atomic mass is 32.2. The fourth-order valence-corrected chi connectivity index (χ4v) is 4.82. The molecule has 1 fully saturated rings. The van der Waals surface area contributed by atoms with E-state index in [1.165, 1.54) is 0 Å². The summed E-state index contributed by atoms with van der Waals surface area (Å²) in [6.45, 7) is 3.61. The highest BCUT2D eigenvalue weighted by Gasteiger charge is 2.35. The summed E-state index contributed by atoms with van der Waals surface area (Å²) in [5.74, 6) is 1.68. The number of hydrogen-bond acceptors (Lipinski definition) is 4. The number of nitrogens with zero attached hydrogens (tertiary/aromatic N) is 1. The molecule has 2 aliphatic rings. The molecule has 1 aromatic rings. The molecule has 0 N–H and O–H groups in total. The molecule has 6 heteroatoms. The molecule has 3 rings (SSSR count). The van der Waals surface area contributed by atoms with Crippen LogP contribution in [0.3, 0.4) is 0 Å². The van der Waals surface area contributed by atoms with Crippen molar-refractivity contribution in [2.45, 2.75) is 32.2 Å². The zero-order valence-electron chi connectivity index (χ0n) is 12.2. The molecule has 1 atom stereocenters. The second-order valence-corrected chi connectivity index (χ2v) is 7.53. The van der Waals surface area contributed by atoms with Gasteiger partial charge in [-0.2, -0.15) is 4.31 Å². The van der Waals surface area contributed by atoms with Crippen LogP contribution in [0.15, 0.2) is 18.2 Å². The Kier molecular flexibility index (Phi) is 4.08. The molecule has 116 valence electrons. The molecule has 0 aromatic heterocycles. The lowest BCUT2D eigenvalue weighted by molar-refractivity contribution is 0.171. The van der Waals surface area contributed by atoms with Gasteiger partial charge < -0.3 is 9.47 Å². The minimum Gasteiger partial charge on any atom is -0.486 e. The first-order valence-corrected chi connectivity index (χ1v) is 9.12. The summed E-state index contributed by atoms with van der Waals surface area (Å²) in [5, 5.41) is 0. The van der Waals surface area contributed by atoms with Crippen molar-refractivity contribution in [1.82, 2.24) is 4.31 Å². The first-order chi connectivity index (χ1) is 10.1. The van der Waals surface area contributed by atoms with Gasteiger partial charge in [0.15, 0.2) is 11.5 Å². The first-order valence-electron chi connectivity index (χ1n) is 7.51. The number of benzene rings is 1. The minimum atomic E-state index is -3.17. The second kappa shape index (κ2) is 5.85. The van der Waals surface area contributed by atoms with Crippen molar-refractivity contribution in [1.29, 1.82) is 0 Å². The van der Waals surface area contributed by atoms with Crippen molar-refractivity contribution < 1.29 is 17.9 Å². The predicted octanol–water partition coefficient (Wildman–Crippen LogP) is 2.33. The molecule has 2 aliphatic heterocycles. The molecular formula is C15H21NO4S. The summed E-state index contributed by atoms with van der Waals surface area (Å²) in [4.78, 5) is 0. The average Bonchev–Trinajstić information content (AvgIpc) is 2.97. The first kappa shape index (κ1) is 14.7. The molecule has 1 aromatic carbocycles. The third-order valence-corrected chi connectivity index (χ3v) is 6.05. The van der Waals surface area contributed by atoms with Gasteiger partial charge in [0, 0.05) is 12.6 Å². The van der Waals surface area contributed by atoms with Crippen molar-refractivity contribution in [3.63, 3.8) is 0 Å². The van der Waals surface area contributed by atoms with Gasteiger partial charge >= 0.3 is 0 Å². The summed E-state index contributed by atoms with van der Waals surface area (Å²) in [6.07, 6.45) is 2.41. The van der Waals surface area contributed by atoms with E-state index >= 15 is 0 Å². The Balaban J connectivity index is 1.88. The molecule has 21 heavy (non-hydrogen) atoms. The van der Waals surface area contributed by atoms with Gasteiger partial charge in [-0.25, -0.2) is 8.42 Å². The van der Waals surface area contributed by atoms with Crippen molar-refractivity contribution in [3.05, 3.63) is 23.8 Å². The fraction of sp³-hybridized carbons (Fsp3) is 0.600. The van der Waals surface area contributed by atoms with Crippen molar-refractivity contribution in [2.24, 2.45) is 0 Å². The molecule has 1 unspecified atom stereocenters. The standard InChI is InChI=1S/C15H21NO4S/c1-2-10-21(17,18)16-7-3-4-13(16)12-5-6-14-15(11-12)20-9-8-19-14/h5-6,11,13H,2-4,7-10H2,1H3. The minimum absolute atomic E-state index is 0.0719. The molecule has 2 heterocycles. The van der Waals surface area contributed by atoms with Gasteiger partial charge in [0.1, 0.15) is 13.2 Å². The van der Waals surface area contributed by atoms with Crippen LogP contribution in [0.4, 0.5) is 0 Å².